The second-order valence-corrected chi connectivity index (χ2v) is 3.37. The molecule has 0 saturated heterocycles. The van der Waals surface area contributed by atoms with E-state index in [1.165, 1.54) is 12.4 Å². The van der Waals surface area contributed by atoms with E-state index in [1.807, 2.05) is 6.92 Å². The largest absolute Gasteiger partial charge is 0.481 e. The Labute approximate surface area is 87.0 Å². The molecule has 1 aromatic heterocycles. The minimum absolute atomic E-state index is 0.317. The van der Waals surface area contributed by atoms with Crippen LogP contribution in [0.4, 0.5) is 0 Å². The second kappa shape index (κ2) is 4.91. The van der Waals surface area contributed by atoms with E-state index >= 15 is 0 Å². The summed E-state index contributed by atoms with van der Waals surface area (Å²) in [7, 11) is 0. The van der Waals surface area contributed by atoms with Crippen molar-refractivity contribution >= 4 is 17.6 Å². The highest BCUT2D eigenvalue weighted by atomic mass is 35.5. The van der Waals surface area contributed by atoms with Crippen molar-refractivity contribution in [3.63, 3.8) is 0 Å². The smallest absolute Gasteiger partial charge is 0.306 e. The monoisotopic (exact) mass is 214 g/mol. The Hall–Kier alpha value is -1.16. The van der Waals surface area contributed by atoms with Crippen molar-refractivity contribution in [3.05, 3.63) is 23.2 Å². The summed E-state index contributed by atoms with van der Waals surface area (Å²) in [6.45, 7) is 1.84. The summed E-state index contributed by atoms with van der Waals surface area (Å²) in [5.41, 5.74) is 0.656. The molecule has 1 atom stereocenters. The van der Waals surface area contributed by atoms with Gasteiger partial charge < -0.3 is 5.11 Å². The molecule has 1 aromatic rings. The van der Waals surface area contributed by atoms with Crippen molar-refractivity contribution in [2.24, 2.45) is 5.92 Å². The number of carboxylic acid groups (broad SMARTS) is 1. The fourth-order valence-electron chi connectivity index (χ4n) is 1.10. The number of rotatable bonds is 4. The van der Waals surface area contributed by atoms with Crippen LogP contribution in [0, 0.1) is 5.92 Å². The van der Waals surface area contributed by atoms with E-state index in [0.717, 1.165) is 0 Å². The number of carboxylic acids is 1. The quantitative estimate of drug-likeness (QED) is 0.830. The average Bonchev–Trinajstić information content (AvgIpc) is 2.16. The number of aliphatic carboxylic acids is 1. The van der Waals surface area contributed by atoms with Gasteiger partial charge in [-0.3, -0.25) is 9.78 Å². The third-order valence-electron chi connectivity index (χ3n) is 1.97. The summed E-state index contributed by atoms with van der Waals surface area (Å²) in [5, 5.41) is 9.13. The van der Waals surface area contributed by atoms with Crippen molar-refractivity contribution in [1.82, 2.24) is 9.97 Å². The van der Waals surface area contributed by atoms with Crippen molar-refractivity contribution in [1.29, 1.82) is 0 Å². The lowest BCUT2D eigenvalue weighted by Gasteiger charge is -2.07. The van der Waals surface area contributed by atoms with Gasteiger partial charge in [0.05, 0.1) is 24.0 Å². The van der Waals surface area contributed by atoms with Gasteiger partial charge >= 0.3 is 5.97 Å². The van der Waals surface area contributed by atoms with Crippen LogP contribution in [0.5, 0.6) is 0 Å². The molecule has 0 bridgehead atoms. The molecular weight excluding hydrogens is 204 g/mol. The maximum Gasteiger partial charge on any atom is 0.306 e. The van der Waals surface area contributed by atoms with E-state index in [2.05, 4.69) is 9.97 Å². The molecule has 1 heterocycles. The standard InChI is InChI=1S/C9H11ClN2O2/c1-2-6(9(13)14)3-7-4-12-8(10)5-11-7/h4-6H,2-3H2,1H3,(H,13,14). The molecule has 0 amide bonds. The number of carbonyl (C=O) groups is 1. The third-order valence-corrected chi connectivity index (χ3v) is 2.17. The molecule has 0 aliphatic heterocycles. The fourth-order valence-corrected chi connectivity index (χ4v) is 1.20. The van der Waals surface area contributed by atoms with Crippen LogP contribution in [0.2, 0.25) is 5.15 Å². The first-order valence-electron chi connectivity index (χ1n) is 4.32. The zero-order valence-electron chi connectivity index (χ0n) is 7.77. The Kier molecular flexibility index (Phi) is 3.83. The molecule has 0 aromatic carbocycles. The van der Waals surface area contributed by atoms with Crippen LogP contribution in [-0.4, -0.2) is 21.0 Å². The van der Waals surface area contributed by atoms with Gasteiger partial charge in [-0.15, -0.1) is 0 Å². The van der Waals surface area contributed by atoms with E-state index < -0.39 is 11.9 Å². The summed E-state index contributed by atoms with van der Waals surface area (Å²) in [5.74, 6) is -1.20. The summed E-state index contributed by atoms with van der Waals surface area (Å²) >= 11 is 5.55. The van der Waals surface area contributed by atoms with Gasteiger partial charge in [-0.25, -0.2) is 4.98 Å². The Morgan fingerprint density at radius 3 is 2.71 bits per heavy atom. The average molecular weight is 215 g/mol. The molecule has 1 rings (SSSR count). The lowest BCUT2D eigenvalue weighted by atomic mass is 10.0. The van der Waals surface area contributed by atoms with E-state index in [0.29, 0.717) is 23.7 Å². The molecule has 0 spiro atoms. The number of hydrogen-bond donors (Lipinski definition) is 1. The van der Waals surface area contributed by atoms with E-state index in [1.54, 1.807) is 0 Å². The van der Waals surface area contributed by atoms with E-state index in [-0.39, 0.29) is 0 Å². The first-order chi connectivity index (χ1) is 6.63. The Morgan fingerprint density at radius 1 is 1.57 bits per heavy atom. The SMILES string of the molecule is CCC(Cc1cnc(Cl)cn1)C(=O)O. The van der Waals surface area contributed by atoms with Crippen LogP contribution in [0.15, 0.2) is 12.4 Å². The van der Waals surface area contributed by atoms with Gasteiger partial charge in [0.2, 0.25) is 0 Å². The molecule has 14 heavy (non-hydrogen) atoms. The number of hydrogen-bond acceptors (Lipinski definition) is 3. The molecule has 5 heteroatoms. The number of nitrogens with zero attached hydrogens (tertiary/aromatic N) is 2. The molecule has 0 aliphatic rings. The Morgan fingerprint density at radius 2 is 2.29 bits per heavy atom. The third kappa shape index (κ3) is 2.96. The van der Waals surface area contributed by atoms with Gasteiger partial charge in [0, 0.05) is 6.42 Å². The predicted molar refractivity (Wildman–Crippen MR) is 52.2 cm³/mol. The van der Waals surface area contributed by atoms with Gasteiger partial charge in [0.25, 0.3) is 0 Å². The van der Waals surface area contributed by atoms with Crippen LogP contribution in [0.3, 0.4) is 0 Å². The Bertz CT molecular complexity index is 313. The van der Waals surface area contributed by atoms with Crippen molar-refractivity contribution in [3.8, 4) is 0 Å². The highest BCUT2D eigenvalue weighted by molar-refractivity contribution is 6.29. The Balaban J connectivity index is 2.67. The normalized spacial score (nSPS) is 12.4. The highest BCUT2D eigenvalue weighted by Crippen LogP contribution is 2.11. The fraction of sp³-hybridized carbons (Fsp3) is 0.444. The van der Waals surface area contributed by atoms with Gasteiger partial charge in [0.1, 0.15) is 5.15 Å². The maximum atomic E-state index is 10.7. The van der Waals surface area contributed by atoms with Crippen molar-refractivity contribution in [2.75, 3.05) is 0 Å². The van der Waals surface area contributed by atoms with Crippen LogP contribution >= 0.6 is 11.6 Å². The van der Waals surface area contributed by atoms with Gasteiger partial charge in [-0.2, -0.15) is 0 Å². The van der Waals surface area contributed by atoms with Crippen molar-refractivity contribution in [2.45, 2.75) is 19.8 Å². The molecule has 4 nitrogen and oxygen atoms in total. The second-order valence-electron chi connectivity index (χ2n) is 2.98. The summed E-state index contributed by atoms with van der Waals surface area (Å²) in [6.07, 6.45) is 3.91. The molecule has 0 radical (unpaired) electrons. The van der Waals surface area contributed by atoms with E-state index in [4.69, 9.17) is 16.7 Å². The molecule has 76 valence electrons. The zero-order valence-corrected chi connectivity index (χ0v) is 8.53. The lowest BCUT2D eigenvalue weighted by Crippen LogP contribution is -2.16. The summed E-state index contributed by atoms with van der Waals surface area (Å²) in [6, 6.07) is 0. The first kappa shape index (κ1) is 10.9. The summed E-state index contributed by atoms with van der Waals surface area (Å²) in [4.78, 5) is 18.6. The number of aromatic nitrogens is 2. The lowest BCUT2D eigenvalue weighted by molar-refractivity contribution is -0.141. The molecule has 1 N–H and O–H groups in total. The zero-order chi connectivity index (χ0) is 10.6. The molecule has 1 unspecified atom stereocenters. The van der Waals surface area contributed by atoms with Gasteiger partial charge in [0.15, 0.2) is 0 Å². The van der Waals surface area contributed by atoms with Crippen LogP contribution in [0.1, 0.15) is 19.0 Å². The first-order valence-corrected chi connectivity index (χ1v) is 4.70. The molecule has 0 aliphatic carbocycles. The molecular formula is C9H11ClN2O2. The van der Waals surface area contributed by atoms with Crippen LogP contribution in [-0.2, 0) is 11.2 Å². The summed E-state index contributed by atoms with van der Waals surface area (Å²) < 4.78 is 0. The molecule has 0 saturated carbocycles. The molecule has 0 fully saturated rings. The topological polar surface area (TPSA) is 63.1 Å². The van der Waals surface area contributed by atoms with Gasteiger partial charge in [-0.05, 0) is 6.42 Å². The number of halogens is 1. The van der Waals surface area contributed by atoms with Crippen LogP contribution < -0.4 is 0 Å². The van der Waals surface area contributed by atoms with Gasteiger partial charge in [-0.1, -0.05) is 18.5 Å². The predicted octanol–water partition coefficient (Wildman–Crippen LogP) is 1.78. The minimum atomic E-state index is -0.802. The van der Waals surface area contributed by atoms with Crippen LogP contribution in [0.25, 0.3) is 0 Å². The maximum absolute atomic E-state index is 10.7. The van der Waals surface area contributed by atoms with E-state index in [9.17, 15) is 4.79 Å². The van der Waals surface area contributed by atoms with Crippen molar-refractivity contribution < 1.29 is 9.90 Å². The highest BCUT2D eigenvalue weighted by Gasteiger charge is 2.16. The minimum Gasteiger partial charge on any atom is -0.481 e.